The molecule has 0 bridgehead atoms. The van der Waals surface area contributed by atoms with Crippen LogP contribution in [0, 0.1) is 5.41 Å². The molecule has 0 fully saturated rings. The average Bonchev–Trinajstić information content (AvgIpc) is 2.34. The van der Waals surface area contributed by atoms with Crippen molar-refractivity contribution in [3.63, 3.8) is 0 Å². The van der Waals surface area contributed by atoms with Crippen molar-refractivity contribution in [1.82, 2.24) is 0 Å². The molecular formula is C20H40O3Si. The zero-order chi connectivity index (χ0) is 19.2. The predicted molar refractivity (Wildman–Crippen MR) is 106 cm³/mol. The Morgan fingerprint density at radius 1 is 1.04 bits per heavy atom. The zero-order valence-corrected chi connectivity index (χ0v) is 18.7. The Hall–Kier alpha value is -0.613. The maximum atomic E-state index is 11.9. The molecule has 0 spiro atoms. The van der Waals surface area contributed by atoms with E-state index >= 15 is 0 Å². The van der Waals surface area contributed by atoms with Gasteiger partial charge < -0.3 is 9.16 Å². The normalized spacial score (nSPS) is 14.2. The number of allylic oxidation sites excluding steroid dienone is 2. The number of ether oxygens (including phenoxy) is 1. The van der Waals surface area contributed by atoms with Crippen molar-refractivity contribution < 1.29 is 14.0 Å². The minimum atomic E-state index is -1.82. The van der Waals surface area contributed by atoms with Crippen LogP contribution in [0.15, 0.2) is 11.6 Å². The van der Waals surface area contributed by atoms with Gasteiger partial charge in [-0.15, -0.1) is 0 Å². The molecule has 0 amide bonds. The van der Waals surface area contributed by atoms with Crippen LogP contribution in [-0.2, 0) is 14.0 Å². The number of hydrogen-bond acceptors (Lipinski definition) is 3. The number of rotatable bonds is 8. The molecule has 1 atom stereocenters. The highest BCUT2D eigenvalue weighted by atomic mass is 28.4. The van der Waals surface area contributed by atoms with E-state index in [1.807, 2.05) is 20.8 Å². The van der Waals surface area contributed by atoms with Crippen LogP contribution in [0.1, 0.15) is 74.7 Å². The van der Waals surface area contributed by atoms with Crippen LogP contribution in [0.25, 0.3) is 0 Å². The quantitative estimate of drug-likeness (QED) is 0.299. The highest BCUT2D eigenvalue weighted by Crippen LogP contribution is 2.38. The van der Waals surface area contributed by atoms with E-state index in [4.69, 9.17) is 9.16 Å². The molecule has 0 aromatic rings. The fourth-order valence-corrected chi connectivity index (χ4v) is 3.34. The van der Waals surface area contributed by atoms with E-state index in [1.54, 1.807) is 0 Å². The van der Waals surface area contributed by atoms with Gasteiger partial charge in [0.2, 0.25) is 0 Å². The monoisotopic (exact) mass is 356 g/mol. The Labute approximate surface area is 151 Å². The summed E-state index contributed by atoms with van der Waals surface area (Å²) in [4.78, 5) is 11.9. The van der Waals surface area contributed by atoms with Crippen LogP contribution in [0.5, 0.6) is 0 Å². The first-order chi connectivity index (χ1) is 10.7. The van der Waals surface area contributed by atoms with E-state index in [0.29, 0.717) is 6.61 Å². The van der Waals surface area contributed by atoms with Crippen LogP contribution in [0.3, 0.4) is 0 Å². The summed E-state index contributed by atoms with van der Waals surface area (Å²) in [7, 11) is -1.82. The maximum absolute atomic E-state index is 11.9. The Morgan fingerprint density at radius 3 is 2.00 bits per heavy atom. The Bertz CT molecular complexity index is 421. The molecule has 3 nitrogen and oxygen atoms in total. The summed E-state index contributed by atoms with van der Waals surface area (Å²) >= 11 is 0. The van der Waals surface area contributed by atoms with Gasteiger partial charge in [-0.25, -0.2) is 0 Å². The van der Waals surface area contributed by atoms with Gasteiger partial charge in [0, 0.05) is 12.5 Å². The Balaban J connectivity index is 4.76. The van der Waals surface area contributed by atoms with Crippen molar-refractivity contribution in [2.75, 3.05) is 6.61 Å². The first-order valence-corrected chi connectivity index (χ1v) is 12.1. The lowest BCUT2D eigenvalue weighted by Crippen LogP contribution is -2.44. The molecule has 0 aromatic carbocycles. The summed E-state index contributed by atoms with van der Waals surface area (Å²) in [6.45, 7) is 21.7. The minimum Gasteiger partial charge on any atom is -0.465 e. The maximum Gasteiger partial charge on any atom is 0.311 e. The van der Waals surface area contributed by atoms with E-state index in [1.165, 1.54) is 5.57 Å². The fourth-order valence-electron chi connectivity index (χ4n) is 1.91. The van der Waals surface area contributed by atoms with E-state index in [2.05, 4.69) is 53.8 Å². The molecule has 0 aliphatic carbocycles. The summed E-state index contributed by atoms with van der Waals surface area (Å²) < 4.78 is 12.0. The van der Waals surface area contributed by atoms with Crippen molar-refractivity contribution in [3.05, 3.63) is 11.6 Å². The molecular weight excluding hydrogens is 316 g/mol. The standard InChI is InChI=1S/C20H40O3Si/c1-16(2)12-11-13-17(23-24(9,10)20(6,7)8)14-15-22-18(21)19(3,4)5/h12,17H,11,13-15H2,1-10H3/t17-/m1/s1. The number of carbonyl (C=O) groups excluding carboxylic acids is 1. The van der Waals surface area contributed by atoms with Crippen LogP contribution >= 0.6 is 0 Å². The first kappa shape index (κ1) is 23.4. The minimum absolute atomic E-state index is 0.141. The highest BCUT2D eigenvalue weighted by molar-refractivity contribution is 6.74. The summed E-state index contributed by atoms with van der Waals surface area (Å²) in [6, 6.07) is 0. The van der Waals surface area contributed by atoms with Crippen LogP contribution in [-0.4, -0.2) is 27.0 Å². The van der Waals surface area contributed by atoms with Gasteiger partial charge in [0.25, 0.3) is 0 Å². The molecule has 0 saturated carbocycles. The molecule has 4 heteroatoms. The highest BCUT2D eigenvalue weighted by Gasteiger charge is 2.39. The van der Waals surface area contributed by atoms with Gasteiger partial charge in [-0.3, -0.25) is 4.79 Å². The molecule has 0 aliphatic heterocycles. The smallest absolute Gasteiger partial charge is 0.311 e. The predicted octanol–water partition coefficient (Wildman–Crippen LogP) is 6.10. The zero-order valence-electron chi connectivity index (χ0n) is 17.7. The molecule has 24 heavy (non-hydrogen) atoms. The molecule has 0 unspecified atom stereocenters. The Morgan fingerprint density at radius 2 is 1.58 bits per heavy atom. The molecule has 0 saturated heterocycles. The molecule has 0 aromatic heterocycles. The molecule has 142 valence electrons. The lowest BCUT2D eigenvalue weighted by atomic mass is 9.97. The van der Waals surface area contributed by atoms with Crippen molar-refractivity contribution >= 4 is 14.3 Å². The van der Waals surface area contributed by atoms with E-state index in [0.717, 1.165) is 19.3 Å². The van der Waals surface area contributed by atoms with Crippen LogP contribution in [0.4, 0.5) is 0 Å². The van der Waals surface area contributed by atoms with Gasteiger partial charge >= 0.3 is 5.97 Å². The number of hydrogen-bond donors (Lipinski definition) is 0. The fraction of sp³-hybridized carbons (Fsp3) is 0.850. The van der Waals surface area contributed by atoms with E-state index in [9.17, 15) is 4.79 Å². The third-order valence-corrected chi connectivity index (χ3v) is 9.13. The van der Waals surface area contributed by atoms with Gasteiger partial charge in [0.05, 0.1) is 12.0 Å². The SMILES string of the molecule is CC(C)=CCC[C@H](CCOC(=O)C(C)(C)C)O[Si](C)(C)C(C)(C)C. The molecule has 0 heterocycles. The molecule has 0 aliphatic rings. The largest absolute Gasteiger partial charge is 0.465 e. The molecule has 0 radical (unpaired) electrons. The van der Waals surface area contributed by atoms with Crippen LogP contribution in [0.2, 0.25) is 18.1 Å². The third kappa shape index (κ3) is 9.02. The number of carbonyl (C=O) groups is 1. The first-order valence-electron chi connectivity index (χ1n) is 9.15. The van der Waals surface area contributed by atoms with Crippen molar-refractivity contribution in [3.8, 4) is 0 Å². The van der Waals surface area contributed by atoms with Crippen molar-refractivity contribution in [2.24, 2.45) is 5.41 Å². The lowest BCUT2D eigenvalue weighted by Gasteiger charge is -2.39. The van der Waals surface area contributed by atoms with E-state index < -0.39 is 13.7 Å². The number of esters is 1. The lowest BCUT2D eigenvalue weighted by molar-refractivity contribution is -0.153. The van der Waals surface area contributed by atoms with Crippen LogP contribution < -0.4 is 0 Å². The Kier molecular flexibility index (Phi) is 8.95. The van der Waals surface area contributed by atoms with E-state index in [-0.39, 0.29) is 17.1 Å². The molecule has 0 rings (SSSR count). The summed E-state index contributed by atoms with van der Waals surface area (Å²) in [5, 5.41) is 0.184. The van der Waals surface area contributed by atoms with Gasteiger partial charge in [0.15, 0.2) is 8.32 Å². The van der Waals surface area contributed by atoms with Gasteiger partial charge in [-0.05, 0) is 65.6 Å². The topological polar surface area (TPSA) is 35.5 Å². The third-order valence-electron chi connectivity index (χ3n) is 4.59. The second kappa shape index (κ2) is 9.19. The second-order valence-corrected chi connectivity index (χ2v) is 14.3. The van der Waals surface area contributed by atoms with Gasteiger partial charge in [-0.2, -0.15) is 0 Å². The van der Waals surface area contributed by atoms with Crippen molar-refractivity contribution in [2.45, 2.75) is 98.9 Å². The van der Waals surface area contributed by atoms with Gasteiger partial charge in [-0.1, -0.05) is 32.4 Å². The van der Waals surface area contributed by atoms with Gasteiger partial charge in [0.1, 0.15) is 0 Å². The summed E-state index contributed by atoms with van der Waals surface area (Å²) in [6.07, 6.45) is 5.16. The second-order valence-electron chi connectivity index (χ2n) is 9.53. The molecule has 0 N–H and O–H groups in total. The summed E-state index contributed by atoms with van der Waals surface area (Å²) in [5.41, 5.74) is 0.887. The summed E-state index contributed by atoms with van der Waals surface area (Å²) in [5.74, 6) is -0.141. The van der Waals surface area contributed by atoms with Crippen molar-refractivity contribution in [1.29, 1.82) is 0 Å². The average molecular weight is 357 g/mol.